The molecule has 1 fully saturated rings. The average Bonchev–Trinajstić information content (AvgIpc) is 3.17. The molecule has 28 heavy (non-hydrogen) atoms. The number of carboxylic acids is 1. The Kier molecular flexibility index (Phi) is 5.41. The lowest BCUT2D eigenvalue weighted by molar-refractivity contribution is -0.154. The van der Waals surface area contributed by atoms with Crippen LogP contribution in [-0.4, -0.2) is 46.5 Å². The number of hydrogen-bond donors (Lipinski definition) is 2. The van der Waals surface area contributed by atoms with Gasteiger partial charge in [0.05, 0.1) is 11.1 Å². The standard InChI is InChI=1S/C18H18F3N3O4/c19-18(20,21)14-4-7-24(23-14)13-3-1-2-12(10-13)15(25)22-11-17(16(26)27)5-8-28-9-6-17/h1-4,7,10H,5-6,8-9,11H2,(H,22,25)(H,26,27). The quantitative estimate of drug-likeness (QED) is 0.809. The first-order valence-electron chi connectivity index (χ1n) is 8.54. The number of benzene rings is 1. The van der Waals surface area contributed by atoms with Gasteiger partial charge >= 0.3 is 12.1 Å². The zero-order valence-electron chi connectivity index (χ0n) is 14.7. The summed E-state index contributed by atoms with van der Waals surface area (Å²) in [5, 5.41) is 15.6. The highest BCUT2D eigenvalue weighted by molar-refractivity contribution is 5.95. The summed E-state index contributed by atoms with van der Waals surface area (Å²) in [5.74, 6) is -1.52. The van der Waals surface area contributed by atoms with Crippen molar-refractivity contribution in [3.05, 3.63) is 47.8 Å². The number of amides is 1. The molecule has 0 bridgehead atoms. The number of nitrogens with zero attached hydrogens (tertiary/aromatic N) is 2. The Labute approximate surface area is 158 Å². The third-order valence-corrected chi connectivity index (χ3v) is 4.74. The van der Waals surface area contributed by atoms with Gasteiger partial charge in [-0.3, -0.25) is 9.59 Å². The fourth-order valence-electron chi connectivity index (χ4n) is 2.99. The fraction of sp³-hybridized carbons (Fsp3) is 0.389. The normalized spacial score (nSPS) is 16.5. The van der Waals surface area contributed by atoms with Crippen LogP contribution in [0.2, 0.25) is 0 Å². The van der Waals surface area contributed by atoms with Crippen LogP contribution in [-0.2, 0) is 15.7 Å². The molecule has 0 spiro atoms. The van der Waals surface area contributed by atoms with E-state index < -0.39 is 29.2 Å². The van der Waals surface area contributed by atoms with Crippen molar-refractivity contribution in [2.45, 2.75) is 19.0 Å². The molecule has 2 heterocycles. The van der Waals surface area contributed by atoms with Gasteiger partial charge in [0.25, 0.3) is 5.91 Å². The molecule has 1 aliphatic rings. The molecule has 3 rings (SSSR count). The Morgan fingerprint density at radius 2 is 1.96 bits per heavy atom. The van der Waals surface area contributed by atoms with Crippen molar-refractivity contribution in [1.82, 2.24) is 15.1 Å². The Morgan fingerprint density at radius 3 is 2.57 bits per heavy atom. The molecule has 1 amide bonds. The van der Waals surface area contributed by atoms with Crippen molar-refractivity contribution < 1.29 is 32.6 Å². The molecular formula is C18H18F3N3O4. The summed E-state index contributed by atoms with van der Waals surface area (Å²) in [7, 11) is 0. The minimum atomic E-state index is -4.56. The number of aliphatic carboxylic acids is 1. The van der Waals surface area contributed by atoms with E-state index in [-0.39, 0.29) is 30.6 Å². The van der Waals surface area contributed by atoms with Crippen molar-refractivity contribution in [1.29, 1.82) is 0 Å². The van der Waals surface area contributed by atoms with Gasteiger partial charge in [0.15, 0.2) is 5.69 Å². The molecule has 1 aliphatic heterocycles. The van der Waals surface area contributed by atoms with Gasteiger partial charge in [-0.15, -0.1) is 0 Å². The first-order valence-corrected chi connectivity index (χ1v) is 8.54. The summed E-state index contributed by atoms with van der Waals surface area (Å²) in [6.07, 6.45) is -2.83. The van der Waals surface area contributed by atoms with Gasteiger partial charge in [-0.2, -0.15) is 18.3 Å². The maximum absolute atomic E-state index is 12.7. The van der Waals surface area contributed by atoms with Crippen molar-refractivity contribution in [2.75, 3.05) is 19.8 Å². The van der Waals surface area contributed by atoms with Crippen LogP contribution in [0, 0.1) is 5.41 Å². The van der Waals surface area contributed by atoms with E-state index in [2.05, 4.69) is 10.4 Å². The Hall–Kier alpha value is -2.88. The number of carbonyl (C=O) groups excluding carboxylic acids is 1. The molecule has 150 valence electrons. The molecule has 2 aromatic rings. The summed E-state index contributed by atoms with van der Waals surface area (Å²) < 4.78 is 44.3. The molecular weight excluding hydrogens is 379 g/mol. The van der Waals surface area contributed by atoms with Gasteiger partial charge in [-0.05, 0) is 37.1 Å². The Balaban J connectivity index is 1.73. The second-order valence-corrected chi connectivity index (χ2v) is 6.57. The van der Waals surface area contributed by atoms with Crippen LogP contribution >= 0.6 is 0 Å². The first kappa shape index (κ1) is 19.9. The SMILES string of the molecule is O=C(NCC1(C(=O)O)CCOCC1)c1cccc(-n2ccc(C(F)(F)F)n2)c1. The van der Waals surface area contributed by atoms with E-state index in [1.54, 1.807) is 0 Å². The van der Waals surface area contributed by atoms with E-state index >= 15 is 0 Å². The minimum Gasteiger partial charge on any atom is -0.481 e. The first-order chi connectivity index (χ1) is 13.2. The van der Waals surface area contributed by atoms with Crippen molar-refractivity contribution in [3.63, 3.8) is 0 Å². The highest BCUT2D eigenvalue weighted by Gasteiger charge is 2.40. The number of halogens is 3. The number of nitrogens with one attached hydrogen (secondary N) is 1. The van der Waals surface area contributed by atoms with E-state index in [1.807, 2.05) is 0 Å². The lowest BCUT2D eigenvalue weighted by Crippen LogP contribution is -2.46. The second-order valence-electron chi connectivity index (χ2n) is 6.57. The zero-order chi connectivity index (χ0) is 20.4. The molecule has 2 N–H and O–H groups in total. The van der Waals surface area contributed by atoms with Gasteiger partial charge in [0.1, 0.15) is 0 Å². The monoisotopic (exact) mass is 397 g/mol. The van der Waals surface area contributed by atoms with Gasteiger partial charge < -0.3 is 15.2 Å². The average molecular weight is 397 g/mol. The highest BCUT2D eigenvalue weighted by atomic mass is 19.4. The molecule has 0 atom stereocenters. The van der Waals surface area contributed by atoms with Crippen LogP contribution in [0.3, 0.4) is 0 Å². The summed E-state index contributed by atoms with van der Waals surface area (Å²) in [6.45, 7) is 0.547. The number of hydrogen-bond acceptors (Lipinski definition) is 4. The third kappa shape index (κ3) is 4.16. The van der Waals surface area contributed by atoms with E-state index in [0.29, 0.717) is 13.2 Å². The van der Waals surface area contributed by atoms with Crippen LogP contribution in [0.25, 0.3) is 5.69 Å². The van der Waals surface area contributed by atoms with Gasteiger partial charge in [-0.1, -0.05) is 6.07 Å². The maximum atomic E-state index is 12.7. The topological polar surface area (TPSA) is 93.5 Å². The molecule has 0 saturated carbocycles. The van der Waals surface area contributed by atoms with Gasteiger partial charge in [-0.25, -0.2) is 4.68 Å². The number of aromatic nitrogens is 2. The predicted molar refractivity (Wildman–Crippen MR) is 91.0 cm³/mol. The number of carboxylic acid groups (broad SMARTS) is 1. The molecule has 0 aliphatic carbocycles. The molecule has 0 radical (unpaired) electrons. The largest absolute Gasteiger partial charge is 0.481 e. The number of carbonyl (C=O) groups is 2. The van der Waals surface area contributed by atoms with E-state index in [9.17, 15) is 27.9 Å². The van der Waals surface area contributed by atoms with Crippen molar-refractivity contribution >= 4 is 11.9 Å². The number of rotatable bonds is 5. The van der Waals surface area contributed by atoms with Crippen LogP contribution in [0.15, 0.2) is 36.5 Å². The number of ether oxygens (including phenoxy) is 1. The molecule has 1 aromatic carbocycles. The minimum absolute atomic E-state index is 0.0608. The van der Waals surface area contributed by atoms with E-state index in [4.69, 9.17) is 4.74 Å². The Bertz CT molecular complexity index is 873. The van der Waals surface area contributed by atoms with Crippen molar-refractivity contribution in [2.24, 2.45) is 5.41 Å². The maximum Gasteiger partial charge on any atom is 0.435 e. The Morgan fingerprint density at radius 1 is 1.25 bits per heavy atom. The zero-order valence-corrected chi connectivity index (χ0v) is 14.7. The summed E-state index contributed by atoms with van der Waals surface area (Å²) in [5.41, 5.74) is -1.66. The lowest BCUT2D eigenvalue weighted by Gasteiger charge is -2.33. The smallest absolute Gasteiger partial charge is 0.435 e. The summed E-state index contributed by atoms with van der Waals surface area (Å²) >= 11 is 0. The molecule has 1 saturated heterocycles. The highest BCUT2D eigenvalue weighted by Crippen LogP contribution is 2.30. The predicted octanol–water partition coefficient (Wildman–Crippen LogP) is 2.50. The van der Waals surface area contributed by atoms with Crippen LogP contribution < -0.4 is 5.32 Å². The van der Waals surface area contributed by atoms with E-state index in [0.717, 1.165) is 16.9 Å². The molecule has 1 aromatic heterocycles. The summed E-state index contributed by atoms with van der Waals surface area (Å²) in [6, 6.07) is 6.75. The van der Waals surface area contributed by atoms with E-state index in [1.165, 1.54) is 24.3 Å². The fourth-order valence-corrected chi connectivity index (χ4v) is 2.99. The van der Waals surface area contributed by atoms with Crippen LogP contribution in [0.4, 0.5) is 13.2 Å². The van der Waals surface area contributed by atoms with Crippen LogP contribution in [0.5, 0.6) is 0 Å². The van der Waals surface area contributed by atoms with Gasteiger partial charge in [0.2, 0.25) is 0 Å². The second kappa shape index (κ2) is 7.63. The molecule has 7 nitrogen and oxygen atoms in total. The van der Waals surface area contributed by atoms with Crippen LogP contribution in [0.1, 0.15) is 28.9 Å². The van der Waals surface area contributed by atoms with Gasteiger partial charge in [0, 0.05) is 31.5 Å². The molecule has 10 heteroatoms. The summed E-state index contributed by atoms with van der Waals surface area (Å²) in [4.78, 5) is 24.1. The third-order valence-electron chi connectivity index (χ3n) is 4.74. The number of alkyl halides is 3. The molecule has 0 unspecified atom stereocenters. The lowest BCUT2D eigenvalue weighted by atomic mass is 9.80. The van der Waals surface area contributed by atoms with Crippen molar-refractivity contribution in [3.8, 4) is 5.69 Å².